The molecule has 5 heteroatoms. The van der Waals surface area contributed by atoms with Crippen molar-refractivity contribution in [2.75, 3.05) is 26.9 Å². The Hall–Kier alpha value is -1.59. The number of ether oxygens (including phenoxy) is 2. The quantitative estimate of drug-likeness (QED) is 0.642. The van der Waals surface area contributed by atoms with Crippen molar-refractivity contribution in [3.8, 4) is 5.75 Å². The van der Waals surface area contributed by atoms with Gasteiger partial charge < -0.3 is 19.9 Å². The lowest BCUT2D eigenvalue weighted by Gasteiger charge is -2.08. The molecule has 0 spiro atoms. The van der Waals surface area contributed by atoms with Gasteiger partial charge in [0, 0.05) is 20.3 Å². The zero-order valence-corrected chi connectivity index (χ0v) is 12.8. The van der Waals surface area contributed by atoms with E-state index in [0.717, 1.165) is 24.8 Å². The van der Waals surface area contributed by atoms with Gasteiger partial charge in [-0.25, -0.2) is 0 Å². The molecule has 1 atom stereocenters. The van der Waals surface area contributed by atoms with Crippen molar-refractivity contribution in [2.24, 2.45) is 0 Å². The van der Waals surface area contributed by atoms with Gasteiger partial charge in [0.15, 0.2) is 6.61 Å². The molecule has 0 fully saturated rings. The van der Waals surface area contributed by atoms with Gasteiger partial charge >= 0.3 is 0 Å². The van der Waals surface area contributed by atoms with Crippen molar-refractivity contribution >= 4 is 5.91 Å². The van der Waals surface area contributed by atoms with E-state index in [1.54, 1.807) is 14.0 Å². The smallest absolute Gasteiger partial charge is 0.257 e. The molecule has 0 aliphatic carbocycles. The number of nitrogens with one attached hydrogen (secondary N) is 1. The van der Waals surface area contributed by atoms with Crippen LogP contribution in [-0.2, 0) is 16.0 Å². The van der Waals surface area contributed by atoms with Crippen molar-refractivity contribution in [2.45, 2.75) is 32.3 Å². The highest BCUT2D eigenvalue weighted by Crippen LogP contribution is 2.13. The van der Waals surface area contributed by atoms with Gasteiger partial charge in [0.2, 0.25) is 0 Å². The van der Waals surface area contributed by atoms with Crippen LogP contribution in [0.5, 0.6) is 5.75 Å². The third kappa shape index (κ3) is 8.32. The molecule has 0 saturated carbocycles. The molecule has 0 aromatic heterocycles. The summed E-state index contributed by atoms with van der Waals surface area (Å²) in [5.74, 6) is 0.534. The van der Waals surface area contributed by atoms with Gasteiger partial charge in [-0.15, -0.1) is 0 Å². The van der Waals surface area contributed by atoms with Crippen molar-refractivity contribution in [1.29, 1.82) is 0 Å². The van der Waals surface area contributed by atoms with E-state index in [1.807, 2.05) is 24.3 Å². The van der Waals surface area contributed by atoms with E-state index >= 15 is 0 Å². The van der Waals surface area contributed by atoms with E-state index in [4.69, 9.17) is 9.47 Å². The monoisotopic (exact) mass is 295 g/mol. The van der Waals surface area contributed by atoms with Gasteiger partial charge in [-0.2, -0.15) is 0 Å². The van der Waals surface area contributed by atoms with Gasteiger partial charge in [0.05, 0.1) is 6.10 Å². The summed E-state index contributed by atoms with van der Waals surface area (Å²) < 4.78 is 10.3. The first kappa shape index (κ1) is 17.5. The minimum atomic E-state index is -0.289. The summed E-state index contributed by atoms with van der Waals surface area (Å²) in [6.07, 6.45) is 2.07. The molecule has 1 unspecified atom stereocenters. The second-order valence-electron chi connectivity index (χ2n) is 5.02. The lowest BCUT2D eigenvalue weighted by atomic mass is 10.1. The van der Waals surface area contributed by atoms with Crippen LogP contribution in [0.1, 0.15) is 25.3 Å². The zero-order chi connectivity index (χ0) is 15.5. The summed E-state index contributed by atoms with van der Waals surface area (Å²) in [6, 6.07) is 7.59. The Morgan fingerprint density at radius 1 is 1.33 bits per heavy atom. The third-order valence-corrected chi connectivity index (χ3v) is 2.99. The van der Waals surface area contributed by atoms with E-state index in [9.17, 15) is 9.90 Å². The largest absolute Gasteiger partial charge is 0.484 e. The normalized spacial score (nSPS) is 12.0. The molecule has 0 aliphatic rings. The number of hydrogen-bond donors (Lipinski definition) is 2. The fourth-order valence-electron chi connectivity index (χ4n) is 1.77. The number of amides is 1. The summed E-state index contributed by atoms with van der Waals surface area (Å²) in [6.45, 7) is 3.02. The van der Waals surface area contributed by atoms with Gasteiger partial charge in [-0.1, -0.05) is 12.1 Å². The number of rotatable bonds is 10. The summed E-state index contributed by atoms with van der Waals surface area (Å²) in [5, 5.41) is 12.0. The van der Waals surface area contributed by atoms with Crippen molar-refractivity contribution in [1.82, 2.24) is 5.32 Å². The Labute approximate surface area is 126 Å². The molecule has 0 saturated heterocycles. The number of carbonyl (C=O) groups excluding carboxylic acids is 1. The Morgan fingerprint density at radius 2 is 2.05 bits per heavy atom. The highest BCUT2D eigenvalue weighted by atomic mass is 16.5. The Morgan fingerprint density at radius 3 is 2.67 bits per heavy atom. The highest BCUT2D eigenvalue weighted by molar-refractivity contribution is 5.77. The molecule has 1 amide bonds. The number of benzene rings is 1. The summed E-state index contributed by atoms with van der Waals surface area (Å²) in [7, 11) is 1.63. The molecular weight excluding hydrogens is 270 g/mol. The lowest BCUT2D eigenvalue weighted by molar-refractivity contribution is -0.123. The summed E-state index contributed by atoms with van der Waals surface area (Å²) in [4.78, 5) is 11.5. The fourth-order valence-corrected chi connectivity index (χ4v) is 1.77. The third-order valence-electron chi connectivity index (χ3n) is 2.99. The molecule has 118 valence electrons. The SMILES string of the molecule is COCCCNC(=O)COc1ccc(CCC(C)O)cc1. The van der Waals surface area contributed by atoms with E-state index in [2.05, 4.69) is 5.32 Å². The number of methoxy groups -OCH3 is 1. The van der Waals surface area contributed by atoms with Crippen molar-refractivity contribution in [3.63, 3.8) is 0 Å². The van der Waals surface area contributed by atoms with Gasteiger partial charge in [0.25, 0.3) is 5.91 Å². The maximum absolute atomic E-state index is 11.5. The van der Waals surface area contributed by atoms with Crippen LogP contribution in [0.2, 0.25) is 0 Å². The predicted molar refractivity (Wildman–Crippen MR) is 81.4 cm³/mol. The standard InChI is InChI=1S/C16H25NO4/c1-13(18)4-5-14-6-8-15(9-7-14)21-12-16(19)17-10-3-11-20-2/h6-9,13,18H,3-5,10-12H2,1-2H3,(H,17,19). The zero-order valence-electron chi connectivity index (χ0n) is 12.8. The van der Waals surface area contributed by atoms with Crippen LogP contribution in [0.4, 0.5) is 0 Å². The fraction of sp³-hybridized carbons (Fsp3) is 0.562. The topological polar surface area (TPSA) is 67.8 Å². The van der Waals surface area contributed by atoms with Crippen LogP contribution >= 0.6 is 0 Å². The maximum Gasteiger partial charge on any atom is 0.257 e. The number of hydrogen-bond acceptors (Lipinski definition) is 4. The highest BCUT2D eigenvalue weighted by Gasteiger charge is 2.03. The molecule has 21 heavy (non-hydrogen) atoms. The minimum Gasteiger partial charge on any atom is -0.484 e. The van der Waals surface area contributed by atoms with Crippen molar-refractivity contribution < 1.29 is 19.4 Å². The molecule has 1 aromatic carbocycles. The van der Waals surface area contributed by atoms with Crippen LogP contribution in [0.25, 0.3) is 0 Å². The molecule has 0 aliphatic heterocycles. The molecule has 2 N–H and O–H groups in total. The van der Waals surface area contributed by atoms with E-state index in [1.165, 1.54) is 0 Å². The van der Waals surface area contributed by atoms with E-state index in [0.29, 0.717) is 18.9 Å². The Balaban J connectivity index is 2.24. The first-order chi connectivity index (χ1) is 10.1. The molecular formula is C16H25NO4. The van der Waals surface area contributed by atoms with Crippen LogP contribution in [-0.4, -0.2) is 44.0 Å². The second kappa shape index (κ2) is 10.2. The van der Waals surface area contributed by atoms with Crippen molar-refractivity contribution in [3.05, 3.63) is 29.8 Å². The number of aliphatic hydroxyl groups excluding tert-OH is 1. The molecule has 0 radical (unpaired) electrons. The van der Waals surface area contributed by atoms with Gasteiger partial charge in [-0.05, 0) is 43.9 Å². The first-order valence-electron chi connectivity index (χ1n) is 7.27. The first-order valence-corrected chi connectivity index (χ1v) is 7.27. The van der Waals surface area contributed by atoms with Crippen LogP contribution < -0.4 is 10.1 Å². The Kier molecular flexibility index (Phi) is 8.47. The van der Waals surface area contributed by atoms with Crippen LogP contribution in [0.3, 0.4) is 0 Å². The number of carbonyl (C=O) groups is 1. The van der Waals surface area contributed by atoms with E-state index in [-0.39, 0.29) is 18.6 Å². The molecule has 5 nitrogen and oxygen atoms in total. The number of aryl methyl sites for hydroxylation is 1. The summed E-state index contributed by atoms with van der Waals surface area (Å²) >= 11 is 0. The predicted octanol–water partition coefficient (Wildman–Crippen LogP) is 1.53. The van der Waals surface area contributed by atoms with Crippen LogP contribution in [0, 0.1) is 0 Å². The molecule has 0 bridgehead atoms. The average molecular weight is 295 g/mol. The second-order valence-corrected chi connectivity index (χ2v) is 5.02. The van der Waals surface area contributed by atoms with Crippen LogP contribution in [0.15, 0.2) is 24.3 Å². The van der Waals surface area contributed by atoms with Gasteiger partial charge in [-0.3, -0.25) is 4.79 Å². The maximum atomic E-state index is 11.5. The van der Waals surface area contributed by atoms with Gasteiger partial charge in [0.1, 0.15) is 5.75 Å². The average Bonchev–Trinajstić information content (AvgIpc) is 2.48. The molecule has 1 aromatic rings. The summed E-state index contributed by atoms with van der Waals surface area (Å²) in [5.41, 5.74) is 1.15. The Bertz CT molecular complexity index is 403. The number of aliphatic hydroxyl groups is 1. The van der Waals surface area contributed by atoms with E-state index < -0.39 is 0 Å². The molecule has 0 heterocycles. The lowest BCUT2D eigenvalue weighted by Crippen LogP contribution is -2.30. The molecule has 1 rings (SSSR count). The minimum absolute atomic E-state index is 0.0139.